The predicted octanol–water partition coefficient (Wildman–Crippen LogP) is 3.45. The summed E-state index contributed by atoms with van der Waals surface area (Å²) in [5.74, 6) is 0.872. The summed E-state index contributed by atoms with van der Waals surface area (Å²) in [5, 5.41) is 16.4. The third kappa shape index (κ3) is 6.42. The third-order valence-electron chi connectivity index (χ3n) is 5.78. The Balaban J connectivity index is 2.03. The van der Waals surface area contributed by atoms with E-state index >= 15 is 0 Å². The molecule has 152 valence electrons. The van der Waals surface area contributed by atoms with Crippen LogP contribution in [0.2, 0.25) is 0 Å². The highest BCUT2D eigenvalue weighted by molar-refractivity contribution is 5.79. The molecule has 0 unspecified atom stereocenters. The molecule has 0 atom stereocenters. The molecular weight excluding hydrogens is 336 g/mol. The summed E-state index contributed by atoms with van der Waals surface area (Å²) < 4.78 is 0. The Morgan fingerprint density at radius 3 is 2.52 bits per heavy atom. The van der Waals surface area contributed by atoms with Crippen molar-refractivity contribution in [1.82, 2.24) is 10.6 Å². The van der Waals surface area contributed by atoms with Crippen molar-refractivity contribution in [3.05, 3.63) is 29.3 Å². The van der Waals surface area contributed by atoms with Crippen LogP contribution in [0, 0.1) is 12.3 Å². The van der Waals surface area contributed by atoms with Gasteiger partial charge in [0.25, 0.3) is 0 Å². The van der Waals surface area contributed by atoms with Crippen LogP contribution in [0.1, 0.15) is 56.6 Å². The number of hydrogen-bond acceptors (Lipinski definition) is 3. The van der Waals surface area contributed by atoms with Gasteiger partial charge in [-0.2, -0.15) is 0 Å². The first kappa shape index (κ1) is 21.5. The van der Waals surface area contributed by atoms with Crippen molar-refractivity contribution in [1.29, 1.82) is 0 Å². The number of aliphatic hydroxyl groups is 1. The summed E-state index contributed by atoms with van der Waals surface area (Å²) in [6.07, 6.45) is 7.14. The standard InChI is InChI=1S/C22H38N4O/c1-5-23-21(25-17-22(13-14-27)11-7-6-8-12-22)24-16-19-9-10-20(26(3)4)15-18(19)2/h9-10,15,27H,5-8,11-14,16-17H2,1-4H3,(H2,23,24,25). The zero-order valence-corrected chi connectivity index (χ0v) is 17.6. The van der Waals surface area contributed by atoms with Gasteiger partial charge in [0.2, 0.25) is 0 Å². The summed E-state index contributed by atoms with van der Waals surface area (Å²) in [7, 11) is 4.13. The molecule has 2 rings (SSSR count). The Labute approximate surface area is 165 Å². The fourth-order valence-electron chi connectivity index (χ4n) is 3.97. The van der Waals surface area contributed by atoms with Crippen molar-refractivity contribution >= 4 is 11.6 Å². The third-order valence-corrected chi connectivity index (χ3v) is 5.78. The lowest BCUT2D eigenvalue weighted by molar-refractivity contribution is 0.131. The molecule has 1 fully saturated rings. The van der Waals surface area contributed by atoms with Crippen LogP contribution in [0.5, 0.6) is 0 Å². The fourth-order valence-corrected chi connectivity index (χ4v) is 3.97. The molecule has 0 aromatic heterocycles. The summed E-state index contributed by atoms with van der Waals surface area (Å²) in [6, 6.07) is 6.53. The minimum atomic E-state index is 0.215. The van der Waals surface area contributed by atoms with Gasteiger partial charge in [-0.05, 0) is 61.8 Å². The van der Waals surface area contributed by atoms with Gasteiger partial charge in [0.1, 0.15) is 0 Å². The van der Waals surface area contributed by atoms with Gasteiger partial charge in [-0.1, -0.05) is 25.3 Å². The molecule has 1 aliphatic rings. The van der Waals surface area contributed by atoms with Gasteiger partial charge < -0.3 is 20.6 Å². The van der Waals surface area contributed by atoms with Gasteiger partial charge in [0, 0.05) is 39.5 Å². The SMILES string of the molecule is CCNC(=NCc1ccc(N(C)C)cc1C)NCC1(CCO)CCCCC1. The topological polar surface area (TPSA) is 59.9 Å². The number of aryl methyl sites for hydroxylation is 1. The predicted molar refractivity (Wildman–Crippen MR) is 116 cm³/mol. The van der Waals surface area contributed by atoms with E-state index in [-0.39, 0.29) is 12.0 Å². The molecule has 3 N–H and O–H groups in total. The van der Waals surface area contributed by atoms with Gasteiger partial charge in [0.05, 0.1) is 6.54 Å². The minimum absolute atomic E-state index is 0.215. The number of rotatable bonds is 8. The van der Waals surface area contributed by atoms with Crippen LogP contribution >= 0.6 is 0 Å². The zero-order chi connectivity index (χ0) is 19.7. The first-order chi connectivity index (χ1) is 13.0. The summed E-state index contributed by atoms with van der Waals surface area (Å²) in [6.45, 7) is 6.92. The minimum Gasteiger partial charge on any atom is -0.396 e. The van der Waals surface area contributed by atoms with Crippen molar-refractivity contribution in [3.63, 3.8) is 0 Å². The molecule has 0 heterocycles. The van der Waals surface area contributed by atoms with E-state index in [1.807, 2.05) is 0 Å². The van der Waals surface area contributed by atoms with E-state index in [2.05, 4.69) is 61.7 Å². The molecule has 0 spiro atoms. The molecule has 0 bridgehead atoms. The van der Waals surface area contributed by atoms with Crippen molar-refractivity contribution in [2.45, 2.75) is 58.9 Å². The molecule has 0 aliphatic heterocycles. The number of guanidine groups is 1. The van der Waals surface area contributed by atoms with Crippen molar-refractivity contribution in [3.8, 4) is 0 Å². The fraction of sp³-hybridized carbons (Fsp3) is 0.682. The van der Waals surface area contributed by atoms with Gasteiger partial charge in [-0.15, -0.1) is 0 Å². The first-order valence-corrected chi connectivity index (χ1v) is 10.4. The van der Waals surface area contributed by atoms with E-state index in [9.17, 15) is 5.11 Å². The largest absolute Gasteiger partial charge is 0.396 e. The normalized spacial score (nSPS) is 16.9. The highest BCUT2D eigenvalue weighted by atomic mass is 16.3. The number of aliphatic hydroxyl groups excluding tert-OH is 1. The molecule has 1 aromatic rings. The van der Waals surface area contributed by atoms with Crippen LogP contribution in [0.25, 0.3) is 0 Å². The zero-order valence-electron chi connectivity index (χ0n) is 17.6. The van der Waals surface area contributed by atoms with Crippen molar-refractivity contribution < 1.29 is 5.11 Å². The summed E-state index contributed by atoms with van der Waals surface area (Å²) in [4.78, 5) is 6.93. The Hall–Kier alpha value is -1.75. The van der Waals surface area contributed by atoms with Crippen molar-refractivity contribution in [2.75, 3.05) is 38.7 Å². The first-order valence-electron chi connectivity index (χ1n) is 10.4. The maximum Gasteiger partial charge on any atom is 0.191 e. The number of nitrogens with zero attached hydrogens (tertiary/aromatic N) is 2. The van der Waals surface area contributed by atoms with Crippen LogP contribution < -0.4 is 15.5 Å². The summed E-state index contributed by atoms with van der Waals surface area (Å²) in [5.41, 5.74) is 3.95. The second-order valence-corrected chi connectivity index (χ2v) is 8.09. The molecule has 1 saturated carbocycles. The number of hydrogen-bond donors (Lipinski definition) is 3. The Morgan fingerprint density at radius 1 is 1.19 bits per heavy atom. The van der Waals surface area contributed by atoms with E-state index < -0.39 is 0 Å². The lowest BCUT2D eigenvalue weighted by atomic mass is 9.72. The average Bonchev–Trinajstić information content (AvgIpc) is 2.65. The molecule has 5 heteroatoms. The van der Waals surface area contributed by atoms with Crippen LogP contribution in [0.15, 0.2) is 23.2 Å². The molecule has 0 radical (unpaired) electrons. The molecule has 27 heavy (non-hydrogen) atoms. The van der Waals surface area contributed by atoms with Crippen molar-refractivity contribution in [2.24, 2.45) is 10.4 Å². The Kier molecular flexibility index (Phi) is 8.42. The Morgan fingerprint density at radius 2 is 1.93 bits per heavy atom. The van der Waals surface area contributed by atoms with Gasteiger partial charge >= 0.3 is 0 Å². The van der Waals surface area contributed by atoms with E-state index in [0.717, 1.165) is 25.5 Å². The number of aliphatic imine (C=N–C) groups is 1. The monoisotopic (exact) mass is 374 g/mol. The molecule has 5 nitrogen and oxygen atoms in total. The van der Waals surface area contributed by atoms with Gasteiger partial charge in [-0.25, -0.2) is 4.99 Å². The Bertz CT molecular complexity index is 601. The number of benzene rings is 1. The molecule has 0 amide bonds. The molecule has 1 aliphatic carbocycles. The number of anilines is 1. The maximum absolute atomic E-state index is 9.52. The van der Waals surface area contributed by atoms with E-state index in [1.165, 1.54) is 48.9 Å². The van der Waals surface area contributed by atoms with Crippen LogP contribution in [0.4, 0.5) is 5.69 Å². The molecule has 0 saturated heterocycles. The molecular formula is C22H38N4O. The van der Waals surface area contributed by atoms with Gasteiger partial charge in [-0.3, -0.25) is 0 Å². The number of nitrogens with one attached hydrogen (secondary N) is 2. The van der Waals surface area contributed by atoms with E-state index in [0.29, 0.717) is 6.54 Å². The van der Waals surface area contributed by atoms with E-state index in [1.54, 1.807) is 0 Å². The van der Waals surface area contributed by atoms with Crippen LogP contribution in [-0.4, -0.2) is 44.9 Å². The lowest BCUT2D eigenvalue weighted by Gasteiger charge is -2.37. The summed E-state index contributed by atoms with van der Waals surface area (Å²) >= 11 is 0. The van der Waals surface area contributed by atoms with Gasteiger partial charge in [0.15, 0.2) is 5.96 Å². The maximum atomic E-state index is 9.52. The van der Waals surface area contributed by atoms with Crippen LogP contribution in [-0.2, 0) is 6.54 Å². The smallest absolute Gasteiger partial charge is 0.191 e. The van der Waals surface area contributed by atoms with E-state index in [4.69, 9.17) is 4.99 Å². The second kappa shape index (κ2) is 10.5. The highest BCUT2D eigenvalue weighted by Gasteiger charge is 2.31. The highest BCUT2D eigenvalue weighted by Crippen LogP contribution is 2.38. The second-order valence-electron chi connectivity index (χ2n) is 8.09. The van der Waals surface area contributed by atoms with Crippen LogP contribution in [0.3, 0.4) is 0 Å². The molecule has 1 aromatic carbocycles. The quantitative estimate of drug-likeness (QED) is 0.482. The average molecular weight is 375 g/mol. The lowest BCUT2D eigenvalue weighted by Crippen LogP contribution is -2.45.